The van der Waals surface area contributed by atoms with Crippen molar-refractivity contribution in [1.82, 2.24) is 14.8 Å². The van der Waals surface area contributed by atoms with Gasteiger partial charge in [0.1, 0.15) is 10.8 Å². The summed E-state index contributed by atoms with van der Waals surface area (Å²) in [7, 11) is 0. The molecule has 0 saturated carbocycles. The van der Waals surface area contributed by atoms with Crippen LogP contribution in [0.4, 0.5) is 0 Å². The number of ether oxygens (including phenoxy) is 1. The molecule has 0 N–H and O–H groups in total. The fourth-order valence-corrected chi connectivity index (χ4v) is 5.35. The molecule has 1 amide bonds. The smallest absolute Gasteiger partial charge is 0.260 e. The maximum Gasteiger partial charge on any atom is 0.260 e. The standard InChI is InChI=1S/C24H25N3O3S/c28-21-7-3-6-20-24(21)31-22(25-20)15-26-10-12-27(13-11-26)23(29)16-30-19-9-8-17-4-1-2-5-18(17)14-19/h1-2,4-5,8-9,14H,3,6-7,10-13,15-16H2. The predicted molar refractivity (Wildman–Crippen MR) is 121 cm³/mol. The zero-order valence-corrected chi connectivity index (χ0v) is 18.2. The first kappa shape index (κ1) is 20.2. The molecule has 5 rings (SSSR count). The zero-order valence-electron chi connectivity index (χ0n) is 17.4. The predicted octanol–water partition coefficient (Wildman–Crippen LogP) is 3.54. The van der Waals surface area contributed by atoms with Gasteiger partial charge in [-0.3, -0.25) is 14.5 Å². The molecule has 6 nitrogen and oxygen atoms in total. The van der Waals surface area contributed by atoms with E-state index in [-0.39, 0.29) is 18.3 Å². The first-order valence-electron chi connectivity index (χ1n) is 10.8. The lowest BCUT2D eigenvalue weighted by atomic mass is 10.0. The third-order valence-corrected chi connectivity index (χ3v) is 7.10. The molecule has 2 heterocycles. The van der Waals surface area contributed by atoms with Crippen LogP contribution in [0.3, 0.4) is 0 Å². The van der Waals surface area contributed by atoms with Gasteiger partial charge in [-0.15, -0.1) is 11.3 Å². The lowest BCUT2D eigenvalue weighted by Gasteiger charge is -2.34. The van der Waals surface area contributed by atoms with Gasteiger partial charge in [0.25, 0.3) is 5.91 Å². The number of aryl methyl sites for hydroxylation is 1. The molecular formula is C24H25N3O3S. The quantitative estimate of drug-likeness (QED) is 0.614. The van der Waals surface area contributed by atoms with E-state index in [1.807, 2.05) is 41.3 Å². The van der Waals surface area contributed by atoms with E-state index >= 15 is 0 Å². The Hall–Kier alpha value is -2.77. The molecule has 31 heavy (non-hydrogen) atoms. The van der Waals surface area contributed by atoms with E-state index in [1.165, 1.54) is 0 Å². The first-order chi connectivity index (χ1) is 15.2. The molecule has 160 valence electrons. The number of fused-ring (bicyclic) bond motifs is 2. The monoisotopic (exact) mass is 435 g/mol. The molecule has 7 heteroatoms. The van der Waals surface area contributed by atoms with Crippen molar-refractivity contribution in [2.45, 2.75) is 25.8 Å². The summed E-state index contributed by atoms with van der Waals surface area (Å²) in [6, 6.07) is 14.0. The Morgan fingerprint density at radius 1 is 1.03 bits per heavy atom. The van der Waals surface area contributed by atoms with Gasteiger partial charge >= 0.3 is 0 Å². The molecular weight excluding hydrogens is 410 g/mol. The van der Waals surface area contributed by atoms with Crippen molar-refractivity contribution in [2.24, 2.45) is 0 Å². The Labute approximate surface area is 185 Å². The van der Waals surface area contributed by atoms with Crippen molar-refractivity contribution in [3.63, 3.8) is 0 Å². The number of carbonyl (C=O) groups is 2. The summed E-state index contributed by atoms with van der Waals surface area (Å²) < 4.78 is 5.76. The summed E-state index contributed by atoms with van der Waals surface area (Å²) in [6.07, 6.45) is 2.48. The first-order valence-corrected chi connectivity index (χ1v) is 11.6. The van der Waals surface area contributed by atoms with Gasteiger partial charge in [-0.05, 0) is 35.7 Å². The maximum atomic E-state index is 12.6. The molecule has 0 radical (unpaired) electrons. The fraction of sp³-hybridized carbons (Fsp3) is 0.375. The van der Waals surface area contributed by atoms with Crippen LogP contribution in [0.2, 0.25) is 0 Å². The molecule has 0 unspecified atom stereocenters. The van der Waals surface area contributed by atoms with Crippen LogP contribution in [0, 0.1) is 0 Å². The van der Waals surface area contributed by atoms with E-state index in [1.54, 1.807) is 11.3 Å². The number of Topliss-reactive ketones (excluding diaryl/α,β-unsaturated/α-hetero) is 1. The van der Waals surface area contributed by atoms with E-state index < -0.39 is 0 Å². The summed E-state index contributed by atoms with van der Waals surface area (Å²) in [4.78, 5) is 34.4. The fourth-order valence-electron chi connectivity index (χ4n) is 4.23. The number of carbonyl (C=O) groups excluding carboxylic acids is 2. The molecule has 1 aliphatic carbocycles. The number of hydrogen-bond donors (Lipinski definition) is 0. The molecule has 1 fully saturated rings. The second kappa shape index (κ2) is 8.77. The van der Waals surface area contributed by atoms with E-state index in [2.05, 4.69) is 16.0 Å². The van der Waals surface area contributed by atoms with Crippen LogP contribution in [-0.4, -0.2) is 59.3 Å². The molecule has 0 bridgehead atoms. The third kappa shape index (κ3) is 4.48. The average Bonchev–Trinajstić information content (AvgIpc) is 3.22. The van der Waals surface area contributed by atoms with Gasteiger partial charge < -0.3 is 9.64 Å². The Bertz CT molecular complexity index is 1120. The maximum absolute atomic E-state index is 12.6. The van der Waals surface area contributed by atoms with Crippen LogP contribution in [0.1, 0.15) is 33.2 Å². The van der Waals surface area contributed by atoms with Crippen LogP contribution in [0.15, 0.2) is 42.5 Å². The van der Waals surface area contributed by atoms with Gasteiger partial charge in [0.05, 0.1) is 17.1 Å². The number of benzene rings is 2. The number of amides is 1. The lowest BCUT2D eigenvalue weighted by molar-refractivity contribution is -0.135. The van der Waals surface area contributed by atoms with Gasteiger partial charge in [0.2, 0.25) is 0 Å². The number of piperazine rings is 1. The molecule has 0 atom stereocenters. The van der Waals surface area contributed by atoms with E-state index in [0.29, 0.717) is 25.3 Å². The van der Waals surface area contributed by atoms with Crippen molar-refractivity contribution in [2.75, 3.05) is 32.8 Å². The van der Waals surface area contributed by atoms with Crippen LogP contribution in [0.5, 0.6) is 5.75 Å². The van der Waals surface area contributed by atoms with Crippen molar-refractivity contribution in [1.29, 1.82) is 0 Å². The van der Waals surface area contributed by atoms with Crippen molar-refractivity contribution >= 4 is 33.8 Å². The van der Waals surface area contributed by atoms with Gasteiger partial charge in [-0.1, -0.05) is 30.3 Å². The Morgan fingerprint density at radius 3 is 2.65 bits per heavy atom. The highest BCUT2D eigenvalue weighted by Gasteiger charge is 2.25. The SMILES string of the molecule is O=C1CCCc2nc(CN3CCN(C(=O)COc4ccc5ccccc5c4)CC3)sc21. The number of nitrogens with zero attached hydrogens (tertiary/aromatic N) is 3. The van der Waals surface area contributed by atoms with Crippen LogP contribution >= 0.6 is 11.3 Å². The summed E-state index contributed by atoms with van der Waals surface area (Å²) in [5.74, 6) is 0.975. The second-order valence-electron chi connectivity index (χ2n) is 8.11. The van der Waals surface area contributed by atoms with Crippen LogP contribution in [-0.2, 0) is 17.8 Å². The molecule has 1 aromatic heterocycles. The number of aromatic nitrogens is 1. The molecule has 2 aliphatic rings. The highest BCUT2D eigenvalue weighted by Crippen LogP contribution is 2.27. The van der Waals surface area contributed by atoms with Crippen LogP contribution < -0.4 is 4.74 Å². The van der Waals surface area contributed by atoms with Crippen molar-refractivity contribution in [3.05, 3.63) is 58.0 Å². The number of thiazole rings is 1. The van der Waals surface area contributed by atoms with E-state index in [4.69, 9.17) is 4.74 Å². The van der Waals surface area contributed by atoms with Crippen LogP contribution in [0.25, 0.3) is 10.8 Å². The van der Waals surface area contributed by atoms with E-state index in [9.17, 15) is 9.59 Å². The Kier molecular flexibility index (Phi) is 5.70. The largest absolute Gasteiger partial charge is 0.484 e. The van der Waals surface area contributed by atoms with Gasteiger partial charge in [-0.2, -0.15) is 0 Å². The molecule has 0 spiro atoms. The minimum Gasteiger partial charge on any atom is -0.484 e. The summed E-state index contributed by atoms with van der Waals surface area (Å²) in [6.45, 7) is 3.79. The summed E-state index contributed by atoms with van der Waals surface area (Å²) >= 11 is 1.55. The summed E-state index contributed by atoms with van der Waals surface area (Å²) in [5.41, 5.74) is 0.982. The minimum absolute atomic E-state index is 0.0168. The average molecular weight is 436 g/mol. The highest BCUT2D eigenvalue weighted by atomic mass is 32.1. The number of ketones is 1. The van der Waals surface area contributed by atoms with Gasteiger partial charge in [0.15, 0.2) is 12.4 Å². The number of hydrogen-bond acceptors (Lipinski definition) is 6. The molecule has 1 aliphatic heterocycles. The van der Waals surface area contributed by atoms with Gasteiger partial charge in [-0.25, -0.2) is 4.98 Å². The Morgan fingerprint density at radius 2 is 1.84 bits per heavy atom. The topological polar surface area (TPSA) is 62.7 Å². The number of rotatable bonds is 5. The Balaban J connectivity index is 1.11. The van der Waals surface area contributed by atoms with Crippen molar-refractivity contribution < 1.29 is 14.3 Å². The van der Waals surface area contributed by atoms with E-state index in [0.717, 1.165) is 58.8 Å². The third-order valence-electron chi connectivity index (χ3n) is 5.98. The minimum atomic E-state index is 0.0168. The highest BCUT2D eigenvalue weighted by molar-refractivity contribution is 7.13. The van der Waals surface area contributed by atoms with Gasteiger partial charge in [0, 0.05) is 32.6 Å². The zero-order chi connectivity index (χ0) is 21.2. The molecule has 2 aromatic carbocycles. The molecule has 1 saturated heterocycles. The molecule has 3 aromatic rings. The lowest BCUT2D eigenvalue weighted by Crippen LogP contribution is -2.49. The normalized spacial score (nSPS) is 17.0. The second-order valence-corrected chi connectivity index (χ2v) is 9.20. The summed E-state index contributed by atoms with van der Waals surface area (Å²) in [5, 5.41) is 3.27. The van der Waals surface area contributed by atoms with Crippen molar-refractivity contribution in [3.8, 4) is 5.75 Å².